The second-order valence-corrected chi connectivity index (χ2v) is 11.6. The maximum Gasteiger partial charge on any atom is 0.276 e. The van der Waals surface area contributed by atoms with E-state index in [0.29, 0.717) is 23.0 Å². The summed E-state index contributed by atoms with van der Waals surface area (Å²) in [6.45, 7) is 1.59. The van der Waals surface area contributed by atoms with E-state index < -0.39 is 30.0 Å². The Kier molecular flexibility index (Phi) is 6.99. The van der Waals surface area contributed by atoms with Gasteiger partial charge >= 0.3 is 0 Å². The van der Waals surface area contributed by atoms with Crippen LogP contribution in [0.3, 0.4) is 0 Å². The van der Waals surface area contributed by atoms with Crippen LogP contribution >= 0.6 is 0 Å². The molecular weight excluding hydrogens is 527 g/mol. The van der Waals surface area contributed by atoms with Crippen molar-refractivity contribution in [3.8, 4) is 0 Å². The van der Waals surface area contributed by atoms with E-state index in [1.807, 2.05) is 0 Å². The number of aromatic nitrogens is 5. The predicted octanol–water partition coefficient (Wildman–Crippen LogP) is 4.42. The van der Waals surface area contributed by atoms with Crippen molar-refractivity contribution in [1.29, 1.82) is 0 Å². The SMILES string of the molecule is Cc1nonc1C(=O)N[C@H](c1cn2ncc(C(NC(=O)[C@H](F)CC3CC3)C3CC3)cc2n1)C1CCC(F)(F)CC1. The molecule has 3 atom stereocenters. The molecule has 0 aromatic carbocycles. The van der Waals surface area contributed by atoms with E-state index >= 15 is 0 Å². The molecule has 3 saturated carbocycles. The smallest absolute Gasteiger partial charge is 0.276 e. The maximum atomic E-state index is 14.5. The molecule has 0 aliphatic heterocycles. The standard InChI is InChI=1S/C27H32F3N7O3/c1-14-22(36-40-35-14)26(39)34-24(17-6-8-27(29,30)9-7-17)20-13-37-21(32-20)11-18(12-31-37)23(16-4-5-16)33-25(38)19(28)10-15-2-3-15/h11-13,15-17,19,23-24H,2-10H2,1H3,(H,33,38)(H,34,39)/t19-,23?,24+/m1/s1. The summed E-state index contributed by atoms with van der Waals surface area (Å²) in [6.07, 6.45) is 5.70. The molecule has 13 heteroatoms. The average Bonchev–Trinajstić information content (AvgIpc) is 3.84. The van der Waals surface area contributed by atoms with E-state index in [2.05, 4.69) is 30.7 Å². The zero-order valence-electron chi connectivity index (χ0n) is 22.2. The molecule has 6 rings (SSSR count). The Morgan fingerprint density at radius 2 is 1.80 bits per heavy atom. The van der Waals surface area contributed by atoms with Gasteiger partial charge in [0.25, 0.3) is 11.8 Å². The molecule has 40 heavy (non-hydrogen) atoms. The van der Waals surface area contributed by atoms with Gasteiger partial charge in [-0.15, -0.1) is 0 Å². The number of rotatable bonds is 10. The van der Waals surface area contributed by atoms with Gasteiger partial charge < -0.3 is 10.6 Å². The number of fused-ring (bicyclic) bond motifs is 1. The number of nitrogens with one attached hydrogen (secondary N) is 2. The van der Waals surface area contributed by atoms with Crippen LogP contribution in [0.4, 0.5) is 13.2 Å². The molecule has 3 aromatic heterocycles. The van der Waals surface area contributed by atoms with Crippen molar-refractivity contribution in [2.75, 3.05) is 0 Å². The Labute approximate surface area is 228 Å². The van der Waals surface area contributed by atoms with E-state index in [-0.39, 0.29) is 55.7 Å². The Bertz CT molecular complexity index is 1390. The van der Waals surface area contributed by atoms with E-state index in [1.54, 1.807) is 29.9 Å². The minimum absolute atomic E-state index is 0.0196. The van der Waals surface area contributed by atoms with Crippen LogP contribution in [0.5, 0.6) is 0 Å². The molecule has 214 valence electrons. The maximum absolute atomic E-state index is 14.5. The molecule has 0 radical (unpaired) electrons. The van der Waals surface area contributed by atoms with Gasteiger partial charge in [-0.1, -0.05) is 18.0 Å². The molecule has 0 spiro atoms. The van der Waals surface area contributed by atoms with Crippen molar-refractivity contribution in [2.45, 2.75) is 88.9 Å². The number of nitrogens with zero attached hydrogens (tertiary/aromatic N) is 5. The molecule has 0 saturated heterocycles. The number of carbonyl (C=O) groups is 2. The number of hydrogen-bond acceptors (Lipinski definition) is 7. The van der Waals surface area contributed by atoms with Crippen molar-refractivity contribution < 1.29 is 27.4 Å². The van der Waals surface area contributed by atoms with Crippen molar-refractivity contribution in [2.24, 2.45) is 17.8 Å². The first-order chi connectivity index (χ1) is 19.2. The van der Waals surface area contributed by atoms with Gasteiger partial charge in [0.1, 0.15) is 5.69 Å². The molecule has 3 aliphatic carbocycles. The van der Waals surface area contributed by atoms with Crippen LogP contribution in [0.15, 0.2) is 23.1 Å². The summed E-state index contributed by atoms with van der Waals surface area (Å²) in [5, 5.41) is 17.6. The molecule has 2 amide bonds. The van der Waals surface area contributed by atoms with Crippen LogP contribution in [0.25, 0.3) is 5.65 Å². The zero-order chi connectivity index (χ0) is 28.0. The number of alkyl halides is 3. The predicted molar refractivity (Wildman–Crippen MR) is 135 cm³/mol. The minimum atomic E-state index is -2.73. The summed E-state index contributed by atoms with van der Waals surface area (Å²) in [7, 11) is 0. The number of amides is 2. The van der Waals surface area contributed by atoms with E-state index in [9.17, 15) is 22.8 Å². The first kappa shape index (κ1) is 26.7. The summed E-state index contributed by atoms with van der Waals surface area (Å²) < 4.78 is 48.6. The molecule has 0 bridgehead atoms. The van der Waals surface area contributed by atoms with Crippen LogP contribution in [0.1, 0.15) is 97.3 Å². The van der Waals surface area contributed by atoms with E-state index in [0.717, 1.165) is 31.2 Å². The highest BCUT2D eigenvalue weighted by Crippen LogP contribution is 2.43. The first-order valence-corrected chi connectivity index (χ1v) is 13.9. The van der Waals surface area contributed by atoms with Gasteiger partial charge in [0, 0.05) is 12.8 Å². The molecule has 3 fully saturated rings. The molecule has 10 nitrogen and oxygen atoms in total. The molecule has 2 N–H and O–H groups in total. The summed E-state index contributed by atoms with van der Waals surface area (Å²) >= 11 is 0. The van der Waals surface area contributed by atoms with Crippen LogP contribution in [0.2, 0.25) is 0 Å². The average molecular weight is 560 g/mol. The highest BCUT2D eigenvalue weighted by Gasteiger charge is 2.40. The number of hydrogen-bond donors (Lipinski definition) is 2. The number of aryl methyl sites for hydroxylation is 1. The van der Waals surface area contributed by atoms with Crippen LogP contribution in [0, 0.1) is 24.7 Å². The molecule has 1 unspecified atom stereocenters. The second-order valence-electron chi connectivity index (χ2n) is 11.6. The summed E-state index contributed by atoms with van der Waals surface area (Å²) in [5.74, 6) is -3.63. The lowest BCUT2D eigenvalue weighted by atomic mass is 9.81. The fraction of sp³-hybridized carbons (Fsp3) is 0.630. The van der Waals surface area contributed by atoms with Crippen LogP contribution in [-0.2, 0) is 4.79 Å². The number of imidazole rings is 1. The van der Waals surface area contributed by atoms with Gasteiger partial charge in [-0.25, -0.2) is 27.3 Å². The molecule has 3 aromatic rings. The lowest BCUT2D eigenvalue weighted by molar-refractivity contribution is -0.127. The van der Waals surface area contributed by atoms with Gasteiger partial charge in [-0.05, 0) is 73.6 Å². The Hall–Kier alpha value is -3.51. The van der Waals surface area contributed by atoms with Crippen LogP contribution < -0.4 is 10.6 Å². The van der Waals surface area contributed by atoms with E-state index in [1.165, 1.54) is 0 Å². The van der Waals surface area contributed by atoms with Gasteiger partial charge in [-0.2, -0.15) is 5.10 Å². The number of halogens is 3. The summed E-state index contributed by atoms with van der Waals surface area (Å²) in [5.41, 5.74) is 2.01. The largest absolute Gasteiger partial charge is 0.346 e. The van der Waals surface area contributed by atoms with Crippen molar-refractivity contribution in [3.05, 3.63) is 41.1 Å². The van der Waals surface area contributed by atoms with Gasteiger partial charge in [0.05, 0.1) is 30.2 Å². The topological polar surface area (TPSA) is 127 Å². The molecule has 3 aliphatic rings. The Balaban J connectivity index is 1.25. The molecular formula is C27H32F3N7O3. The second kappa shape index (κ2) is 10.5. The van der Waals surface area contributed by atoms with Crippen molar-refractivity contribution in [3.63, 3.8) is 0 Å². The van der Waals surface area contributed by atoms with E-state index in [4.69, 9.17) is 4.98 Å². The van der Waals surface area contributed by atoms with Crippen molar-refractivity contribution in [1.82, 2.24) is 35.5 Å². The fourth-order valence-electron chi connectivity index (χ4n) is 5.61. The molecule has 3 heterocycles. The lowest BCUT2D eigenvalue weighted by Crippen LogP contribution is -2.37. The third-order valence-corrected chi connectivity index (χ3v) is 8.34. The first-order valence-electron chi connectivity index (χ1n) is 13.9. The number of carbonyl (C=O) groups excluding carboxylic acids is 2. The summed E-state index contributed by atoms with van der Waals surface area (Å²) in [4.78, 5) is 30.3. The van der Waals surface area contributed by atoms with Crippen LogP contribution in [-0.4, -0.2) is 48.8 Å². The Morgan fingerprint density at radius 3 is 2.45 bits per heavy atom. The third kappa shape index (κ3) is 5.83. The highest BCUT2D eigenvalue weighted by atomic mass is 19.3. The minimum Gasteiger partial charge on any atom is -0.346 e. The van der Waals surface area contributed by atoms with Gasteiger partial charge in [-0.3, -0.25) is 9.59 Å². The fourth-order valence-corrected chi connectivity index (χ4v) is 5.61. The monoisotopic (exact) mass is 559 g/mol. The van der Waals surface area contributed by atoms with Crippen molar-refractivity contribution >= 4 is 17.5 Å². The highest BCUT2D eigenvalue weighted by molar-refractivity contribution is 5.93. The zero-order valence-corrected chi connectivity index (χ0v) is 22.2. The van der Waals surface area contributed by atoms with Gasteiger partial charge in [0.2, 0.25) is 5.92 Å². The normalized spacial score (nSPS) is 21.6. The quantitative estimate of drug-likeness (QED) is 0.376. The lowest BCUT2D eigenvalue weighted by Gasteiger charge is -2.33. The summed E-state index contributed by atoms with van der Waals surface area (Å²) in [6, 6.07) is 0.757. The van der Waals surface area contributed by atoms with Gasteiger partial charge in [0.15, 0.2) is 17.5 Å². The Morgan fingerprint density at radius 1 is 1.07 bits per heavy atom. The third-order valence-electron chi connectivity index (χ3n) is 8.34.